The molecule has 3 aromatic rings. The smallest absolute Gasteiger partial charge is 0.272 e. The van der Waals surface area contributed by atoms with Gasteiger partial charge in [0.1, 0.15) is 12.4 Å². The number of carbonyl (C=O) groups excluding carboxylic acids is 1. The summed E-state index contributed by atoms with van der Waals surface area (Å²) in [5.41, 5.74) is 4.68. The average Bonchev–Trinajstić information content (AvgIpc) is 2.69. The minimum atomic E-state index is -0.325. The number of halogens is 1. The topological polar surface area (TPSA) is 63.6 Å². The molecule has 0 saturated carbocycles. The Bertz CT molecular complexity index is 896. The molecule has 0 unspecified atom stereocenters. The fraction of sp³-hybridized carbons (Fsp3) is 0.0500. The van der Waals surface area contributed by atoms with Crippen LogP contribution in [0.5, 0.6) is 5.75 Å². The van der Waals surface area contributed by atoms with Crippen LogP contribution in [0.4, 0.5) is 0 Å². The van der Waals surface area contributed by atoms with Crippen molar-refractivity contribution in [1.82, 2.24) is 10.4 Å². The van der Waals surface area contributed by atoms with Gasteiger partial charge in [-0.3, -0.25) is 9.78 Å². The first-order valence-electron chi connectivity index (χ1n) is 7.92. The average molecular weight is 366 g/mol. The number of carbonyl (C=O) groups is 1. The van der Waals surface area contributed by atoms with Gasteiger partial charge in [-0.05, 0) is 42.0 Å². The number of nitrogens with zero attached hydrogens (tertiary/aromatic N) is 2. The van der Waals surface area contributed by atoms with E-state index < -0.39 is 0 Å². The van der Waals surface area contributed by atoms with Gasteiger partial charge in [0, 0.05) is 23.0 Å². The van der Waals surface area contributed by atoms with Crippen molar-refractivity contribution in [3.05, 3.63) is 94.8 Å². The third-order valence-corrected chi connectivity index (χ3v) is 3.77. The van der Waals surface area contributed by atoms with E-state index in [0.717, 1.165) is 11.1 Å². The van der Waals surface area contributed by atoms with Crippen LogP contribution in [0.15, 0.2) is 78.2 Å². The molecule has 26 heavy (non-hydrogen) atoms. The fourth-order valence-electron chi connectivity index (χ4n) is 2.18. The summed E-state index contributed by atoms with van der Waals surface area (Å²) in [5.74, 6) is 0.343. The predicted molar refractivity (Wildman–Crippen MR) is 102 cm³/mol. The predicted octanol–water partition coefficient (Wildman–Crippen LogP) is 4.08. The van der Waals surface area contributed by atoms with E-state index in [4.69, 9.17) is 16.3 Å². The Balaban J connectivity index is 1.63. The summed E-state index contributed by atoms with van der Waals surface area (Å²) in [6.45, 7) is 0.407. The molecule has 3 rings (SSSR count). The normalized spacial score (nSPS) is 10.7. The Labute approximate surface area is 156 Å². The Morgan fingerprint density at radius 2 is 1.92 bits per heavy atom. The van der Waals surface area contributed by atoms with Gasteiger partial charge < -0.3 is 4.74 Å². The van der Waals surface area contributed by atoms with Gasteiger partial charge in [-0.25, -0.2) is 5.43 Å². The van der Waals surface area contributed by atoms with Crippen molar-refractivity contribution < 1.29 is 9.53 Å². The standard InChI is InChI=1S/C20H16ClN3O2/c21-18-9-7-15(8-10-18)14-26-19-6-2-1-4-16(19)13-23-24-20(25)17-5-3-11-22-12-17/h1-13H,14H2,(H,24,25)/b23-13+. The van der Waals surface area contributed by atoms with E-state index in [1.165, 1.54) is 6.20 Å². The number of benzene rings is 2. The summed E-state index contributed by atoms with van der Waals surface area (Å²) in [4.78, 5) is 15.9. The highest BCUT2D eigenvalue weighted by Gasteiger charge is 2.04. The number of amides is 1. The second-order valence-corrected chi connectivity index (χ2v) is 5.83. The molecule has 0 saturated heterocycles. The van der Waals surface area contributed by atoms with Crippen LogP contribution in [0.3, 0.4) is 0 Å². The summed E-state index contributed by atoms with van der Waals surface area (Å²) in [6.07, 6.45) is 4.63. The molecule has 0 atom stereocenters. The van der Waals surface area contributed by atoms with Crippen molar-refractivity contribution >= 4 is 23.7 Å². The van der Waals surface area contributed by atoms with E-state index in [1.807, 2.05) is 48.5 Å². The maximum atomic E-state index is 12.0. The van der Waals surface area contributed by atoms with E-state index >= 15 is 0 Å². The molecule has 1 aromatic heterocycles. The zero-order valence-corrected chi connectivity index (χ0v) is 14.6. The maximum absolute atomic E-state index is 12.0. The zero-order chi connectivity index (χ0) is 18.2. The summed E-state index contributed by atoms with van der Waals surface area (Å²) in [7, 11) is 0. The molecule has 5 nitrogen and oxygen atoms in total. The highest BCUT2D eigenvalue weighted by molar-refractivity contribution is 6.30. The lowest BCUT2D eigenvalue weighted by atomic mass is 10.2. The second-order valence-electron chi connectivity index (χ2n) is 5.39. The highest BCUT2D eigenvalue weighted by Crippen LogP contribution is 2.18. The Morgan fingerprint density at radius 3 is 2.69 bits per heavy atom. The van der Waals surface area contributed by atoms with Gasteiger partial charge in [-0.1, -0.05) is 35.9 Å². The number of para-hydroxylation sites is 1. The first-order valence-corrected chi connectivity index (χ1v) is 8.30. The molecule has 130 valence electrons. The molecule has 0 fully saturated rings. The lowest BCUT2D eigenvalue weighted by Crippen LogP contribution is -2.17. The molecule has 1 amide bonds. The molecule has 6 heteroatoms. The van der Waals surface area contributed by atoms with Crippen LogP contribution in [0.2, 0.25) is 5.02 Å². The molecular weight excluding hydrogens is 350 g/mol. The van der Waals surface area contributed by atoms with Crippen LogP contribution in [0, 0.1) is 0 Å². The van der Waals surface area contributed by atoms with Crippen LogP contribution in [-0.2, 0) is 6.61 Å². The number of hydrazone groups is 1. The molecule has 0 spiro atoms. The number of nitrogens with one attached hydrogen (secondary N) is 1. The van der Waals surface area contributed by atoms with Crippen molar-refractivity contribution in [2.45, 2.75) is 6.61 Å². The van der Waals surface area contributed by atoms with Crippen LogP contribution < -0.4 is 10.2 Å². The molecular formula is C20H16ClN3O2. The Kier molecular flexibility index (Phi) is 5.96. The third kappa shape index (κ3) is 4.91. The fourth-order valence-corrected chi connectivity index (χ4v) is 2.31. The molecule has 0 aliphatic carbocycles. The van der Waals surface area contributed by atoms with Crippen molar-refractivity contribution in [2.24, 2.45) is 5.10 Å². The molecule has 1 N–H and O–H groups in total. The van der Waals surface area contributed by atoms with E-state index in [1.54, 1.807) is 24.5 Å². The quantitative estimate of drug-likeness (QED) is 0.529. The van der Waals surface area contributed by atoms with Crippen molar-refractivity contribution in [3.8, 4) is 5.75 Å². The van der Waals surface area contributed by atoms with E-state index in [0.29, 0.717) is 22.9 Å². The summed E-state index contributed by atoms with van der Waals surface area (Å²) >= 11 is 5.88. The van der Waals surface area contributed by atoms with Crippen LogP contribution in [0.25, 0.3) is 0 Å². The monoisotopic (exact) mass is 365 g/mol. The van der Waals surface area contributed by atoms with Gasteiger partial charge in [0.2, 0.25) is 0 Å². The lowest BCUT2D eigenvalue weighted by molar-refractivity contribution is 0.0954. The molecule has 0 bridgehead atoms. The Hall–Kier alpha value is -3.18. The van der Waals surface area contributed by atoms with Crippen LogP contribution in [0.1, 0.15) is 21.5 Å². The van der Waals surface area contributed by atoms with Gasteiger partial charge in [0.15, 0.2) is 0 Å². The highest BCUT2D eigenvalue weighted by atomic mass is 35.5. The number of aromatic nitrogens is 1. The third-order valence-electron chi connectivity index (χ3n) is 3.52. The molecule has 1 heterocycles. The largest absolute Gasteiger partial charge is 0.488 e. The minimum absolute atomic E-state index is 0.325. The van der Waals surface area contributed by atoms with E-state index in [2.05, 4.69) is 15.5 Å². The first kappa shape index (κ1) is 17.6. The summed E-state index contributed by atoms with van der Waals surface area (Å²) in [5, 5.41) is 4.68. The van der Waals surface area contributed by atoms with Crippen molar-refractivity contribution in [2.75, 3.05) is 0 Å². The SMILES string of the molecule is O=C(N/N=C/c1ccccc1OCc1ccc(Cl)cc1)c1cccnc1. The maximum Gasteiger partial charge on any atom is 0.272 e. The second kappa shape index (κ2) is 8.78. The molecule has 0 aliphatic heterocycles. The van der Waals surface area contributed by atoms with Gasteiger partial charge in [0.05, 0.1) is 11.8 Å². The molecule has 0 aliphatic rings. The van der Waals surface area contributed by atoms with Crippen molar-refractivity contribution in [3.63, 3.8) is 0 Å². The van der Waals surface area contributed by atoms with E-state index in [-0.39, 0.29) is 5.91 Å². The molecule has 0 radical (unpaired) electrons. The van der Waals surface area contributed by atoms with Gasteiger partial charge in [-0.2, -0.15) is 5.10 Å². The molecule has 2 aromatic carbocycles. The Morgan fingerprint density at radius 1 is 1.12 bits per heavy atom. The number of ether oxygens (including phenoxy) is 1. The van der Waals surface area contributed by atoms with Gasteiger partial charge >= 0.3 is 0 Å². The van der Waals surface area contributed by atoms with E-state index in [9.17, 15) is 4.79 Å². The van der Waals surface area contributed by atoms with Crippen molar-refractivity contribution in [1.29, 1.82) is 0 Å². The lowest BCUT2D eigenvalue weighted by Gasteiger charge is -2.09. The number of hydrogen-bond donors (Lipinski definition) is 1. The number of rotatable bonds is 6. The van der Waals surface area contributed by atoms with Gasteiger partial charge in [-0.15, -0.1) is 0 Å². The van der Waals surface area contributed by atoms with Crippen LogP contribution in [-0.4, -0.2) is 17.1 Å². The summed E-state index contributed by atoms with van der Waals surface area (Å²) < 4.78 is 5.85. The minimum Gasteiger partial charge on any atom is -0.488 e. The number of hydrogen-bond acceptors (Lipinski definition) is 4. The zero-order valence-electron chi connectivity index (χ0n) is 13.8. The first-order chi connectivity index (χ1) is 12.7. The van der Waals surface area contributed by atoms with Crippen LogP contribution >= 0.6 is 11.6 Å². The number of pyridine rings is 1. The van der Waals surface area contributed by atoms with Gasteiger partial charge in [0.25, 0.3) is 5.91 Å². The summed E-state index contributed by atoms with van der Waals surface area (Å²) in [6, 6.07) is 18.3.